The van der Waals surface area contributed by atoms with Crippen molar-refractivity contribution in [2.45, 2.75) is 33.1 Å². The summed E-state index contributed by atoms with van der Waals surface area (Å²) in [6, 6.07) is 14.2. The number of aromatic nitrogens is 2. The largest absolute Gasteiger partial charge is 0.389 e. The van der Waals surface area contributed by atoms with Gasteiger partial charge in [-0.1, -0.05) is 30.3 Å². The Bertz CT molecular complexity index is 781. The van der Waals surface area contributed by atoms with Crippen LogP contribution in [0.1, 0.15) is 16.7 Å². The SMILES string of the molecule is Cc1cc2ncn(C[C@@H](O)COCc3ccccc3)c2cc1C. The topological polar surface area (TPSA) is 47.3 Å². The fourth-order valence-corrected chi connectivity index (χ4v) is 2.63. The van der Waals surface area contributed by atoms with Gasteiger partial charge in [-0.25, -0.2) is 4.98 Å². The maximum Gasteiger partial charge on any atom is 0.0959 e. The van der Waals surface area contributed by atoms with Gasteiger partial charge < -0.3 is 14.4 Å². The van der Waals surface area contributed by atoms with E-state index in [2.05, 4.69) is 31.0 Å². The number of imidazole rings is 1. The van der Waals surface area contributed by atoms with E-state index in [9.17, 15) is 5.11 Å². The third kappa shape index (κ3) is 3.78. The van der Waals surface area contributed by atoms with Gasteiger partial charge in [0.25, 0.3) is 0 Å². The Morgan fingerprint density at radius 3 is 2.65 bits per heavy atom. The molecule has 0 spiro atoms. The first kappa shape index (κ1) is 15.7. The van der Waals surface area contributed by atoms with E-state index in [1.54, 1.807) is 6.33 Å². The molecule has 1 aromatic heterocycles. The summed E-state index contributed by atoms with van der Waals surface area (Å²) < 4.78 is 7.59. The molecular weight excluding hydrogens is 288 g/mol. The van der Waals surface area contributed by atoms with Crippen LogP contribution in [-0.2, 0) is 17.9 Å². The summed E-state index contributed by atoms with van der Waals surface area (Å²) in [5.74, 6) is 0. The van der Waals surface area contributed by atoms with Crippen molar-refractivity contribution >= 4 is 11.0 Å². The molecule has 0 saturated heterocycles. The predicted octanol–water partition coefficient (Wildman–Crippen LogP) is 3.23. The van der Waals surface area contributed by atoms with Crippen molar-refractivity contribution in [1.29, 1.82) is 0 Å². The third-order valence-electron chi connectivity index (χ3n) is 4.07. The van der Waals surface area contributed by atoms with E-state index < -0.39 is 6.10 Å². The number of aliphatic hydroxyl groups is 1. The number of benzene rings is 2. The molecule has 0 fully saturated rings. The molecule has 0 radical (unpaired) electrons. The van der Waals surface area contributed by atoms with Crippen LogP contribution in [0.15, 0.2) is 48.8 Å². The average Bonchev–Trinajstić information content (AvgIpc) is 2.91. The smallest absolute Gasteiger partial charge is 0.0959 e. The van der Waals surface area contributed by atoms with Gasteiger partial charge in [0.05, 0.1) is 43.2 Å². The number of nitrogens with zero attached hydrogens (tertiary/aromatic N) is 2. The van der Waals surface area contributed by atoms with E-state index in [1.807, 2.05) is 34.9 Å². The lowest BCUT2D eigenvalue weighted by molar-refractivity contribution is 0.0209. The minimum absolute atomic E-state index is 0.305. The molecule has 4 nitrogen and oxygen atoms in total. The van der Waals surface area contributed by atoms with Gasteiger partial charge in [0.15, 0.2) is 0 Å². The number of ether oxygens (including phenoxy) is 1. The van der Waals surface area contributed by atoms with Gasteiger partial charge in [-0.2, -0.15) is 0 Å². The second kappa shape index (κ2) is 6.94. The van der Waals surface area contributed by atoms with Gasteiger partial charge in [-0.15, -0.1) is 0 Å². The Morgan fingerprint density at radius 1 is 1.13 bits per heavy atom. The fraction of sp³-hybridized carbons (Fsp3) is 0.316. The standard InChI is InChI=1S/C19H22N2O2/c1-14-8-18-19(9-15(14)2)21(13-20-18)10-17(22)12-23-11-16-6-4-3-5-7-16/h3-9,13,17,22H,10-12H2,1-2H3/t17-/m1/s1. The first-order chi connectivity index (χ1) is 11.1. The Hall–Kier alpha value is -2.17. The molecule has 3 aromatic rings. The highest BCUT2D eigenvalue weighted by molar-refractivity contribution is 5.77. The zero-order valence-electron chi connectivity index (χ0n) is 13.6. The zero-order valence-corrected chi connectivity index (χ0v) is 13.6. The van der Waals surface area contributed by atoms with E-state index in [0.717, 1.165) is 16.6 Å². The fourth-order valence-electron chi connectivity index (χ4n) is 2.63. The van der Waals surface area contributed by atoms with E-state index in [4.69, 9.17) is 4.74 Å². The Kier molecular flexibility index (Phi) is 4.74. The van der Waals surface area contributed by atoms with Crippen LogP contribution in [0.5, 0.6) is 0 Å². The van der Waals surface area contributed by atoms with E-state index >= 15 is 0 Å². The summed E-state index contributed by atoms with van der Waals surface area (Å²) in [6.07, 6.45) is 1.22. The molecule has 1 heterocycles. The molecule has 1 N–H and O–H groups in total. The molecule has 0 aliphatic rings. The molecule has 120 valence electrons. The summed E-state index contributed by atoms with van der Waals surface area (Å²) in [5.41, 5.74) is 5.59. The molecule has 1 atom stereocenters. The summed E-state index contributed by atoms with van der Waals surface area (Å²) in [6.45, 7) is 5.47. The second-order valence-electron chi connectivity index (χ2n) is 5.98. The maximum absolute atomic E-state index is 10.2. The summed E-state index contributed by atoms with van der Waals surface area (Å²) in [5, 5.41) is 10.2. The molecule has 0 aliphatic carbocycles. The molecule has 4 heteroatoms. The minimum atomic E-state index is -0.558. The van der Waals surface area contributed by atoms with Gasteiger partial charge in [0.2, 0.25) is 0 Å². The Labute approximate surface area is 136 Å². The predicted molar refractivity (Wildman–Crippen MR) is 91.3 cm³/mol. The molecule has 3 rings (SSSR count). The quantitative estimate of drug-likeness (QED) is 0.760. The van der Waals surface area contributed by atoms with Crippen LogP contribution in [0.2, 0.25) is 0 Å². The second-order valence-corrected chi connectivity index (χ2v) is 5.98. The highest BCUT2D eigenvalue weighted by Gasteiger charge is 2.10. The number of hydrogen-bond donors (Lipinski definition) is 1. The molecule has 0 bridgehead atoms. The van der Waals surface area contributed by atoms with Crippen molar-refractivity contribution in [1.82, 2.24) is 9.55 Å². The number of fused-ring (bicyclic) bond motifs is 1. The first-order valence-electron chi connectivity index (χ1n) is 7.85. The molecule has 0 amide bonds. The Morgan fingerprint density at radius 2 is 1.87 bits per heavy atom. The van der Waals surface area contributed by atoms with Crippen molar-refractivity contribution in [3.05, 3.63) is 65.5 Å². The van der Waals surface area contributed by atoms with Gasteiger partial charge in [0.1, 0.15) is 0 Å². The molecule has 23 heavy (non-hydrogen) atoms. The minimum Gasteiger partial charge on any atom is -0.389 e. The highest BCUT2D eigenvalue weighted by atomic mass is 16.5. The van der Waals surface area contributed by atoms with Crippen molar-refractivity contribution in [3.8, 4) is 0 Å². The van der Waals surface area contributed by atoms with E-state index in [1.165, 1.54) is 11.1 Å². The van der Waals surface area contributed by atoms with Crippen molar-refractivity contribution in [2.75, 3.05) is 6.61 Å². The van der Waals surface area contributed by atoms with Crippen molar-refractivity contribution in [2.24, 2.45) is 0 Å². The van der Waals surface area contributed by atoms with Crippen molar-refractivity contribution < 1.29 is 9.84 Å². The molecule has 2 aromatic carbocycles. The van der Waals surface area contributed by atoms with Gasteiger partial charge >= 0.3 is 0 Å². The lowest BCUT2D eigenvalue weighted by Gasteiger charge is -2.13. The average molecular weight is 310 g/mol. The highest BCUT2D eigenvalue weighted by Crippen LogP contribution is 2.18. The van der Waals surface area contributed by atoms with E-state index in [0.29, 0.717) is 19.8 Å². The Balaban J connectivity index is 1.59. The van der Waals surface area contributed by atoms with Crippen LogP contribution in [0.4, 0.5) is 0 Å². The van der Waals surface area contributed by atoms with Crippen LogP contribution >= 0.6 is 0 Å². The molecule has 0 saturated carbocycles. The van der Waals surface area contributed by atoms with Gasteiger partial charge in [0, 0.05) is 0 Å². The third-order valence-corrected chi connectivity index (χ3v) is 4.07. The normalized spacial score (nSPS) is 12.7. The monoisotopic (exact) mass is 310 g/mol. The lowest BCUT2D eigenvalue weighted by atomic mass is 10.1. The number of aryl methyl sites for hydroxylation is 2. The zero-order chi connectivity index (χ0) is 16.2. The van der Waals surface area contributed by atoms with Crippen LogP contribution < -0.4 is 0 Å². The maximum atomic E-state index is 10.2. The summed E-state index contributed by atoms with van der Waals surface area (Å²) in [7, 11) is 0. The number of rotatable bonds is 6. The summed E-state index contributed by atoms with van der Waals surface area (Å²) >= 11 is 0. The van der Waals surface area contributed by atoms with Crippen LogP contribution in [0.3, 0.4) is 0 Å². The molecule has 0 unspecified atom stereocenters. The van der Waals surface area contributed by atoms with E-state index in [-0.39, 0.29) is 0 Å². The van der Waals surface area contributed by atoms with Crippen LogP contribution in [-0.4, -0.2) is 27.4 Å². The molecular formula is C19H22N2O2. The first-order valence-corrected chi connectivity index (χ1v) is 7.85. The number of hydrogen-bond acceptors (Lipinski definition) is 3. The van der Waals surface area contributed by atoms with Crippen LogP contribution in [0.25, 0.3) is 11.0 Å². The summed E-state index contributed by atoms with van der Waals surface area (Å²) in [4.78, 5) is 4.41. The number of aliphatic hydroxyl groups excluding tert-OH is 1. The van der Waals surface area contributed by atoms with Crippen LogP contribution in [0, 0.1) is 13.8 Å². The van der Waals surface area contributed by atoms with Crippen molar-refractivity contribution in [3.63, 3.8) is 0 Å². The van der Waals surface area contributed by atoms with Gasteiger partial charge in [-0.05, 0) is 42.7 Å². The molecule has 0 aliphatic heterocycles. The van der Waals surface area contributed by atoms with Gasteiger partial charge in [-0.3, -0.25) is 0 Å². The lowest BCUT2D eigenvalue weighted by Crippen LogP contribution is -2.21.